The van der Waals surface area contributed by atoms with Gasteiger partial charge in [0.2, 0.25) is 0 Å². The summed E-state index contributed by atoms with van der Waals surface area (Å²) >= 11 is 1.31. The molecule has 0 spiro atoms. The van der Waals surface area contributed by atoms with Gasteiger partial charge in [-0.25, -0.2) is 4.79 Å². The van der Waals surface area contributed by atoms with Gasteiger partial charge in [-0.2, -0.15) is 5.10 Å². The first-order valence-electron chi connectivity index (χ1n) is 8.20. The van der Waals surface area contributed by atoms with Crippen LogP contribution in [0.4, 0.5) is 0 Å². The third-order valence-electron chi connectivity index (χ3n) is 4.21. The Labute approximate surface area is 158 Å². The summed E-state index contributed by atoms with van der Waals surface area (Å²) in [4.78, 5) is 48.6. The number of aromatic nitrogens is 2. The second-order valence-electron chi connectivity index (χ2n) is 5.98. The van der Waals surface area contributed by atoms with Gasteiger partial charge in [-0.1, -0.05) is 0 Å². The second-order valence-corrected chi connectivity index (χ2v) is 7.09. The van der Waals surface area contributed by atoms with E-state index in [4.69, 9.17) is 4.74 Å². The van der Waals surface area contributed by atoms with Gasteiger partial charge in [-0.05, 0) is 6.92 Å². The van der Waals surface area contributed by atoms with E-state index in [9.17, 15) is 24.3 Å². The molecule has 2 atom stereocenters. The van der Waals surface area contributed by atoms with Gasteiger partial charge in [0.25, 0.3) is 11.8 Å². The molecule has 2 N–H and O–H groups in total. The molecule has 2 aliphatic rings. The van der Waals surface area contributed by atoms with Gasteiger partial charge in [0.05, 0.1) is 11.8 Å². The van der Waals surface area contributed by atoms with E-state index in [2.05, 4.69) is 10.4 Å². The van der Waals surface area contributed by atoms with Crippen LogP contribution in [0.5, 0.6) is 0 Å². The molecule has 0 aromatic carbocycles. The van der Waals surface area contributed by atoms with Crippen LogP contribution in [0.3, 0.4) is 0 Å². The Morgan fingerprint density at radius 3 is 2.78 bits per heavy atom. The lowest BCUT2D eigenvalue weighted by Gasteiger charge is -2.49. The van der Waals surface area contributed by atoms with Crippen molar-refractivity contribution in [2.24, 2.45) is 0 Å². The molecule has 10 nitrogen and oxygen atoms in total. The molecule has 2 amide bonds. The number of nitrogens with zero attached hydrogens (tertiary/aromatic N) is 3. The molecule has 0 bridgehead atoms. The predicted molar refractivity (Wildman–Crippen MR) is 93.5 cm³/mol. The van der Waals surface area contributed by atoms with Crippen LogP contribution in [0, 0.1) is 0 Å². The number of aliphatic carboxylic acids is 1. The summed E-state index contributed by atoms with van der Waals surface area (Å²) in [6, 6.07) is -0.822. The van der Waals surface area contributed by atoms with Gasteiger partial charge in [-0.3, -0.25) is 24.0 Å². The van der Waals surface area contributed by atoms with E-state index >= 15 is 0 Å². The summed E-state index contributed by atoms with van der Waals surface area (Å²) in [5.74, 6) is -2.48. The summed E-state index contributed by atoms with van der Waals surface area (Å²) in [6.45, 7) is 3.53. The normalized spacial score (nSPS) is 21.4. The lowest BCUT2D eigenvalue weighted by molar-refractivity contribution is -0.149. The molecule has 11 heteroatoms. The maximum Gasteiger partial charge on any atom is 0.352 e. The number of hydrogen-bond donors (Lipinski definition) is 2. The quantitative estimate of drug-likeness (QED) is 0.502. The average Bonchev–Trinajstić information content (AvgIpc) is 3.12. The number of fused-ring (bicyclic) bond motifs is 1. The number of carbonyl (C=O) groups excluding carboxylic acids is 3. The number of thioether (sulfide) groups is 1. The topological polar surface area (TPSA) is 131 Å². The van der Waals surface area contributed by atoms with E-state index in [0.717, 1.165) is 4.90 Å². The van der Waals surface area contributed by atoms with Gasteiger partial charge >= 0.3 is 11.9 Å². The summed E-state index contributed by atoms with van der Waals surface area (Å²) in [7, 11) is 0. The summed E-state index contributed by atoms with van der Waals surface area (Å²) in [6.07, 6.45) is 2.98. The predicted octanol–water partition coefficient (Wildman–Crippen LogP) is -0.182. The monoisotopic (exact) mass is 394 g/mol. The Kier molecular flexibility index (Phi) is 5.22. The number of hydrogen-bond acceptors (Lipinski definition) is 7. The Hall–Kier alpha value is -2.82. The molecule has 1 fully saturated rings. The first-order valence-corrected chi connectivity index (χ1v) is 9.25. The number of nitrogens with one attached hydrogen (secondary N) is 1. The average molecular weight is 394 g/mol. The SMILES string of the molecule is CCn1cc(C(=O)N[C@H]2C(=O)N3C(C(=O)O)=C(COC(C)=O)CS[C@@H]23)cn1. The minimum atomic E-state index is -1.27. The standard InChI is InChI=1S/C16H18N4O6S/c1-3-19-5-9(4-17-19)13(22)18-11-14(23)20-12(16(24)25)10(6-26-8(2)21)7-27-15(11)20/h4-5,11,15H,3,6-7H2,1-2H3,(H,18,22)(H,24,25)/t11-,15-/m0/s1. The highest BCUT2D eigenvalue weighted by Crippen LogP contribution is 2.40. The van der Waals surface area contributed by atoms with E-state index in [0.29, 0.717) is 17.7 Å². The second kappa shape index (κ2) is 7.43. The third kappa shape index (κ3) is 3.54. The van der Waals surface area contributed by atoms with Crippen LogP contribution >= 0.6 is 11.8 Å². The van der Waals surface area contributed by atoms with Crippen LogP contribution in [0.2, 0.25) is 0 Å². The van der Waals surface area contributed by atoms with E-state index in [1.54, 1.807) is 10.9 Å². The molecule has 0 saturated carbocycles. The zero-order valence-corrected chi connectivity index (χ0v) is 15.5. The third-order valence-corrected chi connectivity index (χ3v) is 5.55. The molecule has 2 aliphatic heterocycles. The van der Waals surface area contributed by atoms with Gasteiger partial charge in [0, 0.05) is 31.0 Å². The molecule has 0 aliphatic carbocycles. The summed E-state index contributed by atoms with van der Waals surface area (Å²) < 4.78 is 6.47. The Bertz CT molecular complexity index is 848. The van der Waals surface area contributed by atoms with Crippen molar-refractivity contribution in [1.29, 1.82) is 0 Å². The van der Waals surface area contributed by atoms with Gasteiger partial charge in [0.1, 0.15) is 23.7 Å². The van der Waals surface area contributed by atoms with Crippen LogP contribution in [0.25, 0.3) is 0 Å². The van der Waals surface area contributed by atoms with Crippen molar-refractivity contribution in [3.63, 3.8) is 0 Å². The molecule has 3 heterocycles. The zero-order chi connectivity index (χ0) is 19.7. The minimum absolute atomic E-state index is 0.186. The van der Waals surface area contributed by atoms with E-state index in [-0.39, 0.29) is 18.1 Å². The molecule has 27 heavy (non-hydrogen) atoms. The van der Waals surface area contributed by atoms with Crippen molar-refractivity contribution < 1.29 is 29.0 Å². The fraction of sp³-hybridized carbons (Fsp3) is 0.438. The van der Waals surface area contributed by atoms with Crippen LogP contribution in [-0.2, 0) is 25.7 Å². The first-order chi connectivity index (χ1) is 12.8. The number of esters is 1. The molecule has 1 saturated heterocycles. The maximum atomic E-state index is 12.5. The van der Waals surface area contributed by atoms with Crippen molar-refractivity contribution in [3.05, 3.63) is 29.2 Å². The van der Waals surface area contributed by atoms with Crippen molar-refractivity contribution in [1.82, 2.24) is 20.0 Å². The minimum Gasteiger partial charge on any atom is -0.477 e. The number of ether oxygens (including phenoxy) is 1. The molecule has 0 radical (unpaired) electrons. The number of β-lactam (4-membered cyclic amide) rings is 1. The molecule has 0 unspecified atom stereocenters. The van der Waals surface area contributed by atoms with Crippen molar-refractivity contribution in [3.8, 4) is 0 Å². The van der Waals surface area contributed by atoms with Crippen LogP contribution in [0.15, 0.2) is 23.7 Å². The molecular weight excluding hydrogens is 376 g/mol. The first kappa shape index (κ1) is 19.0. The highest BCUT2D eigenvalue weighted by atomic mass is 32.2. The van der Waals surface area contributed by atoms with Crippen molar-refractivity contribution >= 4 is 35.5 Å². The molecule has 1 aromatic heterocycles. The van der Waals surface area contributed by atoms with Crippen LogP contribution in [0.1, 0.15) is 24.2 Å². The molecule has 3 rings (SSSR count). The lowest BCUT2D eigenvalue weighted by Crippen LogP contribution is -2.70. The lowest BCUT2D eigenvalue weighted by atomic mass is 10.0. The van der Waals surface area contributed by atoms with Crippen molar-refractivity contribution in [2.45, 2.75) is 31.8 Å². The smallest absolute Gasteiger partial charge is 0.352 e. The maximum absolute atomic E-state index is 12.5. The Balaban J connectivity index is 1.74. The number of carboxylic acids is 1. The number of aryl methyl sites for hydroxylation is 1. The number of carbonyl (C=O) groups is 4. The zero-order valence-electron chi connectivity index (χ0n) is 14.7. The largest absolute Gasteiger partial charge is 0.477 e. The number of rotatable bonds is 6. The van der Waals surface area contributed by atoms with Crippen LogP contribution in [-0.4, -0.2) is 67.3 Å². The number of amides is 2. The van der Waals surface area contributed by atoms with Crippen molar-refractivity contribution in [2.75, 3.05) is 12.4 Å². The van der Waals surface area contributed by atoms with E-state index in [1.165, 1.54) is 24.9 Å². The molecule has 144 valence electrons. The fourth-order valence-electron chi connectivity index (χ4n) is 2.86. The van der Waals surface area contributed by atoms with Gasteiger partial charge < -0.3 is 15.2 Å². The van der Waals surface area contributed by atoms with Gasteiger partial charge in [-0.15, -0.1) is 11.8 Å². The molecule has 1 aromatic rings. The highest BCUT2D eigenvalue weighted by molar-refractivity contribution is 8.00. The fourth-order valence-corrected chi connectivity index (χ4v) is 4.19. The summed E-state index contributed by atoms with van der Waals surface area (Å²) in [5.41, 5.74) is 0.490. The van der Waals surface area contributed by atoms with E-state index < -0.39 is 35.2 Å². The van der Waals surface area contributed by atoms with E-state index in [1.807, 2.05) is 6.92 Å². The van der Waals surface area contributed by atoms with Gasteiger partial charge in [0.15, 0.2) is 0 Å². The summed E-state index contributed by atoms with van der Waals surface area (Å²) in [5, 5.41) is 15.6. The Morgan fingerprint density at radius 1 is 1.44 bits per heavy atom. The molecular formula is C16H18N4O6S. The highest BCUT2D eigenvalue weighted by Gasteiger charge is 2.54. The van der Waals surface area contributed by atoms with Crippen LogP contribution < -0.4 is 5.32 Å². The Morgan fingerprint density at radius 2 is 2.19 bits per heavy atom. The number of carboxylic acid groups (broad SMARTS) is 1.